The third kappa shape index (κ3) is 2.51. The zero-order valence-electron chi connectivity index (χ0n) is 10.4. The highest BCUT2D eigenvalue weighted by Crippen LogP contribution is 2.22. The Morgan fingerprint density at radius 2 is 2.28 bits per heavy atom. The predicted molar refractivity (Wildman–Crippen MR) is 69.1 cm³/mol. The fraction of sp³-hybridized carbons (Fsp3) is 0.364. The first-order chi connectivity index (χ1) is 8.47. The monoisotopic (exact) mass is 266 g/mol. The van der Waals surface area contributed by atoms with Gasteiger partial charge < -0.3 is 10.4 Å². The predicted octanol–water partition coefficient (Wildman–Crippen LogP) is 1.80. The fourth-order valence-electron chi connectivity index (χ4n) is 1.66. The molecule has 2 heterocycles. The number of nitrogens with one attached hydrogen (secondary N) is 1. The van der Waals surface area contributed by atoms with Crippen LogP contribution in [0.1, 0.15) is 26.6 Å². The van der Waals surface area contributed by atoms with Gasteiger partial charge in [-0.3, -0.25) is 4.68 Å². The van der Waals surface area contributed by atoms with Crippen LogP contribution >= 0.6 is 11.3 Å². The minimum absolute atomic E-state index is 0.116. The third-order valence-electron chi connectivity index (χ3n) is 2.54. The Hall–Kier alpha value is -1.89. The van der Waals surface area contributed by atoms with Crippen LogP contribution in [0.25, 0.3) is 0 Å². The number of carboxylic acids is 1. The molecule has 0 aliphatic heterocycles. The average Bonchev–Trinajstić information content (AvgIpc) is 2.79. The Kier molecular flexibility index (Phi) is 3.33. The molecule has 2 aromatic heterocycles. The van der Waals surface area contributed by atoms with Crippen LogP contribution in [-0.2, 0) is 13.6 Å². The van der Waals surface area contributed by atoms with Crippen LogP contribution in [-0.4, -0.2) is 25.8 Å². The van der Waals surface area contributed by atoms with E-state index in [2.05, 4.69) is 15.4 Å². The zero-order chi connectivity index (χ0) is 13.3. The van der Waals surface area contributed by atoms with E-state index in [-0.39, 0.29) is 5.69 Å². The Morgan fingerprint density at radius 3 is 2.78 bits per heavy atom. The summed E-state index contributed by atoms with van der Waals surface area (Å²) in [6.07, 6.45) is 1.93. The van der Waals surface area contributed by atoms with E-state index < -0.39 is 5.97 Å². The average molecular weight is 266 g/mol. The molecule has 0 spiro atoms. The number of aromatic nitrogens is 3. The molecule has 18 heavy (non-hydrogen) atoms. The zero-order valence-corrected chi connectivity index (χ0v) is 11.2. The Labute approximate surface area is 108 Å². The number of aryl methyl sites for hydroxylation is 3. The van der Waals surface area contributed by atoms with Crippen molar-refractivity contribution >= 4 is 22.4 Å². The number of thiazole rings is 1. The van der Waals surface area contributed by atoms with Gasteiger partial charge in [0.05, 0.1) is 5.69 Å². The SMILES string of the molecule is Cc1nn(C)cc1CNc1nc(C(=O)O)c(C)s1. The van der Waals surface area contributed by atoms with Gasteiger partial charge in [-0.15, -0.1) is 11.3 Å². The summed E-state index contributed by atoms with van der Waals surface area (Å²) in [6, 6.07) is 0. The maximum absolute atomic E-state index is 10.9. The number of carboxylic acid groups (broad SMARTS) is 1. The molecule has 2 N–H and O–H groups in total. The van der Waals surface area contributed by atoms with Crippen molar-refractivity contribution in [2.45, 2.75) is 20.4 Å². The quantitative estimate of drug-likeness (QED) is 0.882. The highest BCUT2D eigenvalue weighted by Gasteiger charge is 2.14. The van der Waals surface area contributed by atoms with E-state index in [9.17, 15) is 4.79 Å². The minimum Gasteiger partial charge on any atom is -0.476 e. The van der Waals surface area contributed by atoms with Crippen LogP contribution in [0.15, 0.2) is 6.20 Å². The van der Waals surface area contributed by atoms with Gasteiger partial charge in [0.25, 0.3) is 0 Å². The standard InChI is InChI=1S/C11H14N4O2S/c1-6-8(5-15(3)14-6)4-12-11-13-9(10(16)17)7(2)18-11/h5H,4H2,1-3H3,(H,12,13)(H,16,17). The first-order valence-electron chi connectivity index (χ1n) is 5.41. The van der Waals surface area contributed by atoms with Crippen LogP contribution < -0.4 is 5.32 Å². The molecule has 7 heteroatoms. The number of hydrogen-bond donors (Lipinski definition) is 2. The van der Waals surface area contributed by atoms with Crippen molar-refractivity contribution in [1.29, 1.82) is 0 Å². The van der Waals surface area contributed by atoms with Crippen molar-refractivity contribution in [3.63, 3.8) is 0 Å². The first-order valence-corrected chi connectivity index (χ1v) is 6.22. The number of nitrogens with zero attached hydrogens (tertiary/aromatic N) is 3. The number of rotatable bonds is 4. The second-order valence-electron chi connectivity index (χ2n) is 4.00. The van der Waals surface area contributed by atoms with Gasteiger partial charge in [-0.2, -0.15) is 5.10 Å². The molecule has 0 fully saturated rings. The van der Waals surface area contributed by atoms with E-state index in [0.717, 1.165) is 11.3 Å². The summed E-state index contributed by atoms with van der Waals surface area (Å²) in [4.78, 5) is 15.6. The Bertz CT molecular complexity index is 588. The third-order valence-corrected chi connectivity index (χ3v) is 3.47. The van der Waals surface area contributed by atoms with Crippen molar-refractivity contribution in [3.8, 4) is 0 Å². The molecule has 0 atom stereocenters. The molecule has 0 saturated carbocycles. The molecule has 0 bridgehead atoms. The largest absolute Gasteiger partial charge is 0.476 e. The lowest BCUT2D eigenvalue weighted by Gasteiger charge is -2.00. The van der Waals surface area contributed by atoms with Gasteiger partial charge in [-0.05, 0) is 13.8 Å². The summed E-state index contributed by atoms with van der Waals surface area (Å²) in [5.74, 6) is -0.991. The molecule has 0 unspecified atom stereocenters. The van der Waals surface area contributed by atoms with E-state index >= 15 is 0 Å². The normalized spacial score (nSPS) is 10.6. The van der Waals surface area contributed by atoms with Gasteiger partial charge in [0.1, 0.15) is 0 Å². The molecule has 2 rings (SSSR count). The second-order valence-corrected chi connectivity index (χ2v) is 5.20. The van der Waals surface area contributed by atoms with Gasteiger partial charge in [0.15, 0.2) is 10.8 Å². The minimum atomic E-state index is -0.991. The van der Waals surface area contributed by atoms with E-state index in [0.29, 0.717) is 16.6 Å². The fourth-order valence-corrected chi connectivity index (χ4v) is 2.46. The second kappa shape index (κ2) is 4.77. The number of hydrogen-bond acceptors (Lipinski definition) is 5. The highest BCUT2D eigenvalue weighted by atomic mass is 32.1. The molecule has 6 nitrogen and oxygen atoms in total. The highest BCUT2D eigenvalue weighted by molar-refractivity contribution is 7.15. The number of anilines is 1. The molecule has 0 radical (unpaired) electrons. The number of carbonyl (C=O) groups is 1. The summed E-state index contributed by atoms with van der Waals surface area (Å²) < 4.78 is 1.75. The van der Waals surface area contributed by atoms with Crippen molar-refractivity contribution in [1.82, 2.24) is 14.8 Å². The van der Waals surface area contributed by atoms with Crippen LogP contribution in [0.3, 0.4) is 0 Å². The Balaban J connectivity index is 2.09. The van der Waals surface area contributed by atoms with Crippen molar-refractivity contribution in [3.05, 3.63) is 28.0 Å². The molecule has 96 valence electrons. The van der Waals surface area contributed by atoms with E-state index in [1.807, 2.05) is 20.2 Å². The van der Waals surface area contributed by atoms with Crippen LogP contribution in [0.5, 0.6) is 0 Å². The molecule has 0 aromatic carbocycles. The molecule has 0 saturated heterocycles. The van der Waals surface area contributed by atoms with Gasteiger partial charge in [-0.25, -0.2) is 9.78 Å². The molecule has 2 aromatic rings. The van der Waals surface area contributed by atoms with E-state index in [1.165, 1.54) is 11.3 Å². The summed E-state index contributed by atoms with van der Waals surface area (Å²) in [7, 11) is 1.87. The molecule has 0 amide bonds. The molecule has 0 aliphatic rings. The summed E-state index contributed by atoms with van der Waals surface area (Å²) in [5, 5.41) is 16.9. The summed E-state index contributed by atoms with van der Waals surface area (Å²) >= 11 is 1.34. The van der Waals surface area contributed by atoms with Gasteiger partial charge in [0.2, 0.25) is 0 Å². The molecule has 0 aliphatic carbocycles. The lowest BCUT2D eigenvalue weighted by molar-refractivity contribution is 0.0690. The van der Waals surface area contributed by atoms with Crippen molar-refractivity contribution < 1.29 is 9.90 Å². The van der Waals surface area contributed by atoms with Crippen molar-refractivity contribution in [2.24, 2.45) is 7.05 Å². The topological polar surface area (TPSA) is 80.0 Å². The number of aromatic carboxylic acids is 1. The van der Waals surface area contributed by atoms with Crippen LogP contribution in [0.2, 0.25) is 0 Å². The lowest BCUT2D eigenvalue weighted by Crippen LogP contribution is -2.02. The maximum Gasteiger partial charge on any atom is 0.355 e. The lowest BCUT2D eigenvalue weighted by atomic mass is 10.3. The summed E-state index contributed by atoms with van der Waals surface area (Å²) in [5.41, 5.74) is 2.14. The summed E-state index contributed by atoms with van der Waals surface area (Å²) in [6.45, 7) is 4.28. The van der Waals surface area contributed by atoms with Crippen LogP contribution in [0, 0.1) is 13.8 Å². The first kappa shape index (κ1) is 12.6. The smallest absolute Gasteiger partial charge is 0.355 e. The van der Waals surface area contributed by atoms with E-state index in [1.54, 1.807) is 11.6 Å². The molecular formula is C11H14N4O2S. The van der Waals surface area contributed by atoms with Crippen LogP contribution in [0.4, 0.5) is 5.13 Å². The van der Waals surface area contributed by atoms with Gasteiger partial charge in [-0.1, -0.05) is 0 Å². The van der Waals surface area contributed by atoms with Gasteiger partial charge >= 0.3 is 5.97 Å². The Morgan fingerprint density at radius 1 is 1.56 bits per heavy atom. The maximum atomic E-state index is 10.9. The van der Waals surface area contributed by atoms with Gasteiger partial charge in [0, 0.05) is 30.2 Å². The molecular weight excluding hydrogens is 252 g/mol. The van der Waals surface area contributed by atoms with Crippen molar-refractivity contribution in [2.75, 3.05) is 5.32 Å². The van der Waals surface area contributed by atoms with E-state index in [4.69, 9.17) is 5.11 Å².